The summed E-state index contributed by atoms with van der Waals surface area (Å²) >= 11 is 5.88. The minimum atomic E-state index is 0.561. The van der Waals surface area contributed by atoms with E-state index >= 15 is 0 Å². The lowest BCUT2D eigenvalue weighted by Crippen LogP contribution is -2.07. The van der Waals surface area contributed by atoms with Crippen LogP contribution in [-0.2, 0) is 0 Å². The molecule has 1 atom stereocenters. The molecule has 2 heteroatoms. The number of hydrogen-bond donors (Lipinski definition) is 0. The van der Waals surface area contributed by atoms with Crippen LogP contribution in [0.5, 0.6) is 0 Å². The highest BCUT2D eigenvalue weighted by atomic mass is 79.9. The van der Waals surface area contributed by atoms with Gasteiger partial charge in [0.2, 0.25) is 0 Å². The van der Waals surface area contributed by atoms with Crippen LogP contribution >= 0.6 is 27.3 Å². The lowest BCUT2D eigenvalue weighted by molar-refractivity contribution is 0.437. The van der Waals surface area contributed by atoms with Crippen molar-refractivity contribution in [2.45, 2.75) is 58.2 Å². The molecule has 0 aliphatic rings. The van der Waals surface area contributed by atoms with Gasteiger partial charge in [0, 0.05) is 9.75 Å². The van der Waals surface area contributed by atoms with Gasteiger partial charge in [0.1, 0.15) is 0 Å². The Balaban J connectivity index is 2.80. The Bertz CT molecular complexity index is 311. The van der Waals surface area contributed by atoms with E-state index in [9.17, 15) is 0 Å². The van der Waals surface area contributed by atoms with Crippen molar-refractivity contribution in [3.8, 4) is 0 Å². The van der Waals surface area contributed by atoms with E-state index < -0.39 is 0 Å². The number of hydrogen-bond acceptors (Lipinski definition) is 1. The van der Waals surface area contributed by atoms with Gasteiger partial charge in [-0.3, -0.25) is 0 Å². The van der Waals surface area contributed by atoms with E-state index in [1.807, 2.05) is 11.3 Å². The Labute approximate surface area is 113 Å². The SMILES string of the molecule is CCCC(CCC)C(Br)c1sc(C)cc1C. The van der Waals surface area contributed by atoms with E-state index in [1.165, 1.54) is 36.1 Å². The van der Waals surface area contributed by atoms with Crippen molar-refractivity contribution >= 4 is 27.3 Å². The molecule has 0 bridgehead atoms. The van der Waals surface area contributed by atoms with E-state index in [1.54, 1.807) is 4.88 Å². The predicted molar refractivity (Wildman–Crippen MR) is 78.8 cm³/mol. The van der Waals surface area contributed by atoms with Crippen LogP contribution in [0.1, 0.15) is 59.7 Å². The van der Waals surface area contributed by atoms with Gasteiger partial charge in [-0.2, -0.15) is 0 Å². The van der Waals surface area contributed by atoms with Gasteiger partial charge >= 0.3 is 0 Å². The molecule has 0 aromatic carbocycles. The molecule has 16 heavy (non-hydrogen) atoms. The first kappa shape index (κ1) is 14.2. The first-order chi connectivity index (χ1) is 7.60. The van der Waals surface area contributed by atoms with Crippen LogP contribution in [-0.4, -0.2) is 0 Å². The molecule has 0 saturated heterocycles. The molecule has 0 aliphatic heterocycles. The molecule has 0 saturated carbocycles. The van der Waals surface area contributed by atoms with Crippen molar-refractivity contribution in [3.63, 3.8) is 0 Å². The van der Waals surface area contributed by atoms with Crippen LogP contribution in [0.3, 0.4) is 0 Å². The topological polar surface area (TPSA) is 0 Å². The first-order valence-corrected chi connectivity index (χ1v) is 8.04. The summed E-state index contributed by atoms with van der Waals surface area (Å²) in [7, 11) is 0. The Kier molecular flexibility index (Phi) is 6.06. The molecule has 0 amide bonds. The molecule has 1 heterocycles. The lowest BCUT2D eigenvalue weighted by atomic mass is 9.93. The van der Waals surface area contributed by atoms with E-state index in [4.69, 9.17) is 0 Å². The number of aryl methyl sites for hydroxylation is 2. The van der Waals surface area contributed by atoms with Crippen molar-refractivity contribution in [2.75, 3.05) is 0 Å². The normalized spacial score (nSPS) is 13.4. The summed E-state index contributed by atoms with van der Waals surface area (Å²) in [5.74, 6) is 0.798. The van der Waals surface area contributed by atoms with E-state index in [0.29, 0.717) is 4.83 Å². The Morgan fingerprint density at radius 3 is 2.12 bits per heavy atom. The third-order valence-corrected chi connectivity index (χ3v) is 5.81. The fraction of sp³-hybridized carbons (Fsp3) is 0.714. The lowest BCUT2D eigenvalue weighted by Gasteiger charge is -2.21. The minimum Gasteiger partial charge on any atom is -0.144 e. The second kappa shape index (κ2) is 6.80. The second-order valence-electron chi connectivity index (χ2n) is 4.64. The fourth-order valence-electron chi connectivity index (χ4n) is 2.33. The summed E-state index contributed by atoms with van der Waals surface area (Å²) in [5, 5.41) is 0. The first-order valence-electron chi connectivity index (χ1n) is 6.31. The van der Waals surface area contributed by atoms with Crippen LogP contribution < -0.4 is 0 Å². The number of halogens is 1. The molecule has 92 valence electrons. The number of rotatable bonds is 6. The van der Waals surface area contributed by atoms with Crippen molar-refractivity contribution < 1.29 is 0 Å². The molecule has 1 aromatic rings. The minimum absolute atomic E-state index is 0.561. The van der Waals surface area contributed by atoms with Gasteiger partial charge < -0.3 is 0 Å². The summed E-state index contributed by atoms with van der Waals surface area (Å²) in [4.78, 5) is 3.54. The van der Waals surface area contributed by atoms with Crippen LogP contribution in [0.2, 0.25) is 0 Å². The molecule has 1 aromatic heterocycles. The van der Waals surface area contributed by atoms with Crippen LogP contribution in [0.25, 0.3) is 0 Å². The van der Waals surface area contributed by atoms with Crippen molar-refractivity contribution in [1.82, 2.24) is 0 Å². The van der Waals surface area contributed by atoms with Crippen molar-refractivity contribution in [1.29, 1.82) is 0 Å². The van der Waals surface area contributed by atoms with E-state index in [0.717, 1.165) is 5.92 Å². The van der Waals surface area contributed by atoms with Gasteiger partial charge in [0.25, 0.3) is 0 Å². The number of alkyl halides is 1. The molecule has 1 unspecified atom stereocenters. The van der Waals surface area contributed by atoms with Gasteiger partial charge in [-0.15, -0.1) is 11.3 Å². The van der Waals surface area contributed by atoms with Gasteiger partial charge in [-0.05, 0) is 44.2 Å². The molecule has 1 rings (SSSR count). The molecular weight excluding hydrogens is 280 g/mol. The van der Waals surface area contributed by atoms with Crippen molar-refractivity contribution in [3.05, 3.63) is 21.4 Å². The zero-order valence-corrected chi connectivity index (χ0v) is 13.2. The van der Waals surface area contributed by atoms with Crippen LogP contribution in [0.15, 0.2) is 6.07 Å². The smallest absolute Gasteiger partial charge is 0.0520 e. The molecule has 0 nitrogen and oxygen atoms in total. The average molecular weight is 303 g/mol. The van der Waals surface area contributed by atoms with Gasteiger partial charge in [-0.25, -0.2) is 0 Å². The van der Waals surface area contributed by atoms with Gasteiger partial charge in [0.15, 0.2) is 0 Å². The maximum absolute atomic E-state index is 3.93. The zero-order valence-electron chi connectivity index (χ0n) is 10.8. The number of thiophene rings is 1. The predicted octanol–water partition coefficient (Wildman–Crippen LogP) is 6.02. The highest BCUT2D eigenvalue weighted by Crippen LogP contribution is 2.41. The van der Waals surface area contributed by atoms with E-state index in [2.05, 4.69) is 49.7 Å². The second-order valence-corrected chi connectivity index (χ2v) is 6.92. The summed E-state index contributed by atoms with van der Waals surface area (Å²) in [6.45, 7) is 9.02. The largest absolute Gasteiger partial charge is 0.144 e. The maximum Gasteiger partial charge on any atom is 0.0520 e. The third-order valence-electron chi connectivity index (χ3n) is 3.06. The fourth-order valence-corrected chi connectivity index (χ4v) is 4.60. The highest BCUT2D eigenvalue weighted by Gasteiger charge is 2.22. The molecular formula is C14H23BrS. The Morgan fingerprint density at radius 2 is 1.75 bits per heavy atom. The summed E-state index contributed by atoms with van der Waals surface area (Å²) in [5.41, 5.74) is 1.46. The van der Waals surface area contributed by atoms with E-state index in [-0.39, 0.29) is 0 Å². The zero-order chi connectivity index (χ0) is 12.1. The summed E-state index contributed by atoms with van der Waals surface area (Å²) < 4.78 is 0. The van der Waals surface area contributed by atoms with Crippen molar-refractivity contribution in [2.24, 2.45) is 5.92 Å². The highest BCUT2D eigenvalue weighted by molar-refractivity contribution is 9.09. The molecule has 0 aliphatic carbocycles. The molecule has 0 N–H and O–H groups in total. The maximum atomic E-state index is 3.93. The van der Waals surface area contributed by atoms with Gasteiger partial charge in [0.05, 0.1) is 4.83 Å². The summed E-state index contributed by atoms with van der Waals surface area (Å²) in [6, 6.07) is 2.31. The molecule has 0 radical (unpaired) electrons. The van der Waals surface area contributed by atoms with Crippen LogP contribution in [0.4, 0.5) is 0 Å². The third kappa shape index (κ3) is 3.59. The monoisotopic (exact) mass is 302 g/mol. The Morgan fingerprint density at radius 1 is 1.19 bits per heavy atom. The summed E-state index contributed by atoms with van der Waals surface area (Å²) in [6.07, 6.45) is 5.24. The average Bonchev–Trinajstić information content (AvgIpc) is 2.56. The molecule has 0 fully saturated rings. The quantitative estimate of drug-likeness (QED) is 0.564. The standard InChI is InChI=1S/C14H23BrS/c1-5-7-12(8-6-2)13(15)14-10(3)9-11(4)16-14/h9,12-13H,5-8H2,1-4H3. The molecule has 0 spiro atoms. The Hall–Kier alpha value is 0.180. The van der Waals surface area contributed by atoms with Gasteiger partial charge in [-0.1, -0.05) is 42.6 Å². The van der Waals surface area contributed by atoms with Crippen LogP contribution in [0, 0.1) is 19.8 Å².